The number of alkyl halides is 3. The number of carbonyl (C=O) groups is 1. The molecule has 0 aromatic heterocycles. The molecule has 0 saturated carbocycles. The number of amides is 1. The first kappa shape index (κ1) is 22.6. The van der Waals surface area contributed by atoms with Crippen LogP contribution in [0.3, 0.4) is 0 Å². The average Bonchev–Trinajstić information content (AvgIpc) is 2.82. The fourth-order valence-corrected chi connectivity index (χ4v) is 4.24. The summed E-state index contributed by atoms with van der Waals surface area (Å²) < 4.78 is 65.3. The van der Waals surface area contributed by atoms with Gasteiger partial charge in [-0.1, -0.05) is 24.3 Å². The molecule has 0 bridgehead atoms. The zero-order chi connectivity index (χ0) is 23.8. The molecule has 1 aliphatic rings. The van der Waals surface area contributed by atoms with Crippen LogP contribution in [0.2, 0.25) is 0 Å². The van der Waals surface area contributed by atoms with E-state index in [9.17, 15) is 22.4 Å². The predicted octanol–water partition coefficient (Wildman–Crippen LogP) is 5.65. The summed E-state index contributed by atoms with van der Waals surface area (Å²) in [5.41, 5.74) is 0.702. The van der Waals surface area contributed by atoms with Crippen LogP contribution in [0.25, 0.3) is 0 Å². The number of benzene rings is 3. The normalized spacial score (nSPS) is 15.7. The highest BCUT2D eigenvalue weighted by molar-refractivity contribution is 5.96. The number of ether oxygens (including phenoxy) is 2. The first-order valence-corrected chi connectivity index (χ1v) is 10.2. The molecule has 3 aromatic rings. The number of fused-ring (bicyclic) bond motifs is 1. The van der Waals surface area contributed by atoms with E-state index >= 15 is 0 Å². The Labute approximate surface area is 188 Å². The molecule has 172 valence electrons. The van der Waals surface area contributed by atoms with Crippen LogP contribution in [-0.2, 0) is 12.6 Å². The number of hydrogen-bond acceptors (Lipinski definition) is 3. The highest BCUT2D eigenvalue weighted by Gasteiger charge is 2.39. The van der Waals surface area contributed by atoms with Gasteiger partial charge in [-0.25, -0.2) is 4.39 Å². The second-order valence-electron chi connectivity index (χ2n) is 7.65. The Hall–Kier alpha value is -3.55. The second-order valence-corrected chi connectivity index (χ2v) is 7.65. The van der Waals surface area contributed by atoms with Crippen LogP contribution < -0.4 is 9.47 Å². The first-order chi connectivity index (χ1) is 15.7. The molecular formula is C25H21F4NO3. The van der Waals surface area contributed by atoms with Crippen LogP contribution >= 0.6 is 0 Å². The number of halogens is 4. The Kier molecular flexibility index (Phi) is 6.01. The monoisotopic (exact) mass is 459 g/mol. The Bertz CT molecular complexity index is 1180. The van der Waals surface area contributed by atoms with Crippen molar-refractivity contribution < 1.29 is 31.8 Å². The van der Waals surface area contributed by atoms with Crippen LogP contribution in [0.1, 0.15) is 38.7 Å². The van der Waals surface area contributed by atoms with Gasteiger partial charge in [0.1, 0.15) is 5.82 Å². The van der Waals surface area contributed by atoms with Crippen LogP contribution in [0.4, 0.5) is 17.6 Å². The van der Waals surface area contributed by atoms with E-state index in [1.807, 2.05) is 0 Å². The zero-order valence-corrected chi connectivity index (χ0v) is 17.9. The van der Waals surface area contributed by atoms with Crippen molar-refractivity contribution in [1.29, 1.82) is 0 Å². The standard InChI is InChI=1S/C25H21F4NO3/c1-32-21-13-16-11-12-30(24(31)18-5-3-4-6-20(18)25(27,28)29)23(19(16)14-22(21)33-2)15-7-9-17(26)10-8-15/h3-10,13-14,23H,11-12H2,1-2H3/t23-/m0/s1. The summed E-state index contributed by atoms with van der Waals surface area (Å²) in [7, 11) is 2.98. The molecule has 0 N–H and O–H groups in total. The van der Waals surface area contributed by atoms with Crippen molar-refractivity contribution in [3.63, 3.8) is 0 Å². The number of hydrogen-bond donors (Lipinski definition) is 0. The van der Waals surface area contributed by atoms with E-state index in [1.54, 1.807) is 12.1 Å². The molecule has 4 nitrogen and oxygen atoms in total. The average molecular weight is 459 g/mol. The summed E-state index contributed by atoms with van der Waals surface area (Å²) in [6.07, 6.45) is -4.27. The number of methoxy groups -OCH3 is 2. The van der Waals surface area contributed by atoms with Gasteiger partial charge in [-0.3, -0.25) is 4.79 Å². The minimum atomic E-state index is -4.68. The highest BCUT2D eigenvalue weighted by atomic mass is 19.4. The van der Waals surface area contributed by atoms with E-state index in [4.69, 9.17) is 9.47 Å². The summed E-state index contributed by atoms with van der Waals surface area (Å²) in [5, 5.41) is 0. The molecule has 1 aliphatic heterocycles. The molecular weight excluding hydrogens is 438 g/mol. The molecule has 0 radical (unpaired) electrons. The van der Waals surface area contributed by atoms with Crippen LogP contribution in [-0.4, -0.2) is 31.6 Å². The SMILES string of the molecule is COc1cc2c(cc1OC)[C@H](c1ccc(F)cc1)N(C(=O)c1ccccc1C(F)(F)F)CC2. The lowest BCUT2D eigenvalue weighted by atomic mass is 9.87. The summed E-state index contributed by atoms with van der Waals surface area (Å²) in [4.78, 5) is 14.9. The van der Waals surface area contributed by atoms with Gasteiger partial charge < -0.3 is 14.4 Å². The second kappa shape index (κ2) is 8.77. The molecule has 8 heteroatoms. The number of rotatable bonds is 4. The molecule has 0 aliphatic carbocycles. The molecule has 0 unspecified atom stereocenters. The van der Waals surface area contributed by atoms with Gasteiger partial charge in [0.05, 0.1) is 31.4 Å². The van der Waals surface area contributed by atoms with Crippen molar-refractivity contribution in [2.75, 3.05) is 20.8 Å². The zero-order valence-electron chi connectivity index (χ0n) is 17.9. The minimum Gasteiger partial charge on any atom is -0.493 e. The maximum Gasteiger partial charge on any atom is 0.417 e. The lowest BCUT2D eigenvalue weighted by molar-refractivity contribution is -0.138. The van der Waals surface area contributed by atoms with E-state index in [-0.39, 0.29) is 6.54 Å². The van der Waals surface area contributed by atoms with Crippen molar-refractivity contribution in [1.82, 2.24) is 4.90 Å². The third-order valence-electron chi connectivity index (χ3n) is 5.78. The van der Waals surface area contributed by atoms with E-state index in [0.29, 0.717) is 29.0 Å². The third-order valence-corrected chi connectivity index (χ3v) is 5.78. The Morgan fingerprint density at radius 1 is 0.970 bits per heavy atom. The van der Waals surface area contributed by atoms with E-state index in [2.05, 4.69) is 0 Å². The Morgan fingerprint density at radius 2 is 1.61 bits per heavy atom. The summed E-state index contributed by atoms with van der Waals surface area (Å²) in [5.74, 6) is -0.273. The fraction of sp³-hybridized carbons (Fsp3) is 0.240. The molecule has 1 amide bonds. The van der Waals surface area contributed by atoms with Crippen molar-refractivity contribution in [3.8, 4) is 11.5 Å². The summed E-state index contributed by atoms with van der Waals surface area (Å²) in [6, 6.07) is 13.1. The van der Waals surface area contributed by atoms with E-state index < -0.39 is 35.1 Å². The lowest BCUT2D eigenvalue weighted by Gasteiger charge is -2.38. The maximum absolute atomic E-state index is 13.6. The van der Waals surface area contributed by atoms with Crippen LogP contribution in [0, 0.1) is 5.82 Å². The minimum absolute atomic E-state index is 0.176. The van der Waals surface area contributed by atoms with E-state index in [0.717, 1.165) is 11.6 Å². The van der Waals surface area contributed by atoms with Gasteiger partial charge in [-0.05, 0) is 59.5 Å². The molecule has 3 aromatic carbocycles. The van der Waals surface area contributed by atoms with Gasteiger partial charge in [0.2, 0.25) is 0 Å². The molecule has 0 spiro atoms. The van der Waals surface area contributed by atoms with Crippen molar-refractivity contribution in [3.05, 3.63) is 94.3 Å². The number of nitrogens with zero attached hydrogens (tertiary/aromatic N) is 1. The smallest absolute Gasteiger partial charge is 0.417 e. The fourth-order valence-electron chi connectivity index (χ4n) is 4.24. The van der Waals surface area contributed by atoms with Crippen molar-refractivity contribution in [2.45, 2.75) is 18.6 Å². The van der Waals surface area contributed by atoms with Gasteiger partial charge in [0, 0.05) is 6.54 Å². The molecule has 1 heterocycles. The van der Waals surface area contributed by atoms with Gasteiger partial charge >= 0.3 is 6.18 Å². The number of carbonyl (C=O) groups excluding carboxylic acids is 1. The van der Waals surface area contributed by atoms with Crippen molar-refractivity contribution >= 4 is 5.91 Å². The quantitative estimate of drug-likeness (QED) is 0.474. The lowest BCUT2D eigenvalue weighted by Crippen LogP contribution is -2.41. The predicted molar refractivity (Wildman–Crippen MR) is 114 cm³/mol. The van der Waals surface area contributed by atoms with Crippen LogP contribution in [0.5, 0.6) is 11.5 Å². The van der Waals surface area contributed by atoms with Gasteiger partial charge in [0.25, 0.3) is 5.91 Å². The Balaban J connectivity index is 1.87. The summed E-state index contributed by atoms with van der Waals surface area (Å²) in [6.45, 7) is 0.176. The maximum atomic E-state index is 13.6. The van der Waals surface area contributed by atoms with Crippen molar-refractivity contribution in [2.24, 2.45) is 0 Å². The molecule has 4 rings (SSSR count). The van der Waals surface area contributed by atoms with Gasteiger partial charge in [-0.2, -0.15) is 13.2 Å². The summed E-state index contributed by atoms with van der Waals surface area (Å²) >= 11 is 0. The van der Waals surface area contributed by atoms with E-state index in [1.165, 1.54) is 61.6 Å². The van der Waals surface area contributed by atoms with Gasteiger partial charge in [0.15, 0.2) is 11.5 Å². The Morgan fingerprint density at radius 3 is 2.24 bits per heavy atom. The van der Waals surface area contributed by atoms with Gasteiger partial charge in [-0.15, -0.1) is 0 Å². The topological polar surface area (TPSA) is 38.8 Å². The molecule has 1 atom stereocenters. The first-order valence-electron chi connectivity index (χ1n) is 10.2. The third kappa shape index (κ3) is 4.25. The molecule has 0 saturated heterocycles. The highest BCUT2D eigenvalue weighted by Crippen LogP contribution is 2.42. The molecule has 0 fully saturated rings. The van der Waals surface area contributed by atoms with Crippen LogP contribution in [0.15, 0.2) is 60.7 Å². The largest absolute Gasteiger partial charge is 0.493 e. The molecule has 33 heavy (non-hydrogen) atoms.